The molecule has 0 saturated heterocycles. The van der Waals surface area contributed by atoms with Crippen LogP contribution >= 0.6 is 0 Å². The molecule has 0 fully saturated rings. The van der Waals surface area contributed by atoms with E-state index in [1.165, 1.54) is 0 Å². The lowest BCUT2D eigenvalue weighted by Gasteiger charge is -2.13. The molecule has 11 heavy (non-hydrogen) atoms. The molecule has 0 aliphatic carbocycles. The highest BCUT2D eigenvalue weighted by molar-refractivity contribution is 7.87. The van der Waals surface area contributed by atoms with Gasteiger partial charge in [0.2, 0.25) is 0 Å². The van der Waals surface area contributed by atoms with Gasteiger partial charge in [-0.2, -0.15) is 4.31 Å². The molecule has 0 aromatic rings. The predicted molar refractivity (Wildman–Crippen MR) is 41.0 cm³/mol. The quantitative estimate of drug-likeness (QED) is 0.363. The molecule has 64 valence electrons. The van der Waals surface area contributed by atoms with E-state index in [0.717, 1.165) is 4.31 Å². The van der Waals surface area contributed by atoms with Crippen molar-refractivity contribution in [3.63, 3.8) is 0 Å². The summed E-state index contributed by atoms with van der Waals surface area (Å²) < 4.78 is 25.6. The second-order valence-electron chi connectivity index (χ2n) is 1.73. The first-order valence-corrected chi connectivity index (χ1v) is 4.54. The molecule has 0 aromatic heterocycles. The van der Waals surface area contributed by atoms with Crippen molar-refractivity contribution in [1.82, 2.24) is 4.31 Å². The van der Waals surface area contributed by atoms with Crippen LogP contribution in [-0.4, -0.2) is 25.8 Å². The largest absolute Gasteiger partial charge is 0.302 e. The molecule has 0 radical (unpaired) electrons. The Hall–Kier alpha value is -0.780. The topological polar surface area (TPSA) is 86.1 Å². The maximum absolute atomic E-state index is 10.9. The zero-order valence-electron chi connectivity index (χ0n) is 6.43. The Morgan fingerprint density at radius 2 is 1.91 bits per heavy atom. The summed E-state index contributed by atoms with van der Waals surface area (Å²) in [5.41, 5.74) is 7.89. The van der Waals surface area contributed by atoms with Crippen molar-refractivity contribution in [2.45, 2.75) is 13.8 Å². The van der Waals surface area contributed by atoms with Crippen LogP contribution in [0.3, 0.4) is 0 Å². The molecule has 0 spiro atoms. The Kier molecular flexibility index (Phi) is 3.88. The second kappa shape index (κ2) is 4.17. The zero-order valence-corrected chi connectivity index (χ0v) is 7.24. The Bertz CT molecular complexity index is 249. The van der Waals surface area contributed by atoms with Crippen molar-refractivity contribution < 1.29 is 8.42 Å². The lowest BCUT2D eigenvalue weighted by Crippen LogP contribution is -2.28. The fraction of sp³-hybridized carbons (Fsp3) is 1.00. The highest BCUT2D eigenvalue weighted by Gasteiger charge is 2.15. The van der Waals surface area contributed by atoms with E-state index < -0.39 is 10.2 Å². The normalized spacial score (nSPS) is 11.2. The summed E-state index contributed by atoms with van der Waals surface area (Å²) >= 11 is 0. The van der Waals surface area contributed by atoms with E-state index in [1.54, 1.807) is 13.8 Å². The van der Waals surface area contributed by atoms with Gasteiger partial charge < -0.3 is 0 Å². The highest BCUT2D eigenvalue weighted by Crippen LogP contribution is 2.01. The van der Waals surface area contributed by atoms with Gasteiger partial charge >= 0.3 is 10.2 Å². The monoisotopic (exact) mass is 178 g/mol. The van der Waals surface area contributed by atoms with Gasteiger partial charge in [0.1, 0.15) is 0 Å². The molecule has 0 bridgehead atoms. The smallest absolute Gasteiger partial charge is 0.204 e. The van der Waals surface area contributed by atoms with Gasteiger partial charge in [0.25, 0.3) is 0 Å². The lowest BCUT2D eigenvalue weighted by molar-refractivity contribution is 0.446. The Morgan fingerprint density at radius 3 is 2.18 bits per heavy atom. The Morgan fingerprint density at radius 1 is 1.45 bits per heavy atom. The van der Waals surface area contributed by atoms with Crippen LogP contribution in [0.25, 0.3) is 10.4 Å². The maximum Gasteiger partial charge on any atom is 0.302 e. The summed E-state index contributed by atoms with van der Waals surface area (Å²) in [6, 6.07) is 0. The molecule has 0 aromatic carbocycles. The van der Waals surface area contributed by atoms with Crippen LogP contribution in [0.15, 0.2) is 4.52 Å². The van der Waals surface area contributed by atoms with Crippen LogP contribution < -0.4 is 0 Å². The summed E-state index contributed by atoms with van der Waals surface area (Å²) in [5, 5.41) is 0. The first-order chi connectivity index (χ1) is 5.08. The van der Waals surface area contributed by atoms with Crippen molar-refractivity contribution in [3.8, 4) is 0 Å². The van der Waals surface area contributed by atoms with Crippen LogP contribution in [0, 0.1) is 0 Å². The SMILES string of the molecule is CCN(CC)S(=O)(=O)N=[N+]=[N-]. The molecule has 0 atom stereocenters. The van der Waals surface area contributed by atoms with E-state index in [1.807, 2.05) is 0 Å². The van der Waals surface area contributed by atoms with Crippen LogP contribution in [0.2, 0.25) is 0 Å². The first-order valence-electron chi connectivity index (χ1n) is 3.15. The number of hydrogen-bond donors (Lipinski definition) is 0. The molecule has 0 aliphatic rings. The third-order valence-electron chi connectivity index (χ3n) is 1.17. The summed E-state index contributed by atoms with van der Waals surface area (Å²) in [5.74, 6) is 0. The van der Waals surface area contributed by atoms with Gasteiger partial charge in [-0.3, -0.25) is 0 Å². The summed E-state index contributed by atoms with van der Waals surface area (Å²) in [4.78, 5) is 2.22. The molecule has 0 saturated carbocycles. The fourth-order valence-corrected chi connectivity index (χ4v) is 1.50. The van der Waals surface area contributed by atoms with Gasteiger partial charge in [0.05, 0.1) is 0 Å². The van der Waals surface area contributed by atoms with Crippen molar-refractivity contribution in [2.75, 3.05) is 13.1 Å². The fourth-order valence-electron chi connectivity index (χ4n) is 0.648. The van der Waals surface area contributed by atoms with Crippen LogP contribution in [0.5, 0.6) is 0 Å². The minimum Gasteiger partial charge on any atom is -0.204 e. The van der Waals surface area contributed by atoms with Crippen molar-refractivity contribution in [2.24, 2.45) is 4.52 Å². The molecular formula is C4H10N4O2S. The van der Waals surface area contributed by atoms with E-state index >= 15 is 0 Å². The average Bonchev–Trinajstić information content (AvgIpc) is 1.89. The second-order valence-corrected chi connectivity index (χ2v) is 3.31. The maximum atomic E-state index is 10.9. The third kappa shape index (κ3) is 2.75. The molecule has 6 nitrogen and oxygen atoms in total. The molecule has 0 rings (SSSR count). The van der Waals surface area contributed by atoms with Crippen molar-refractivity contribution in [3.05, 3.63) is 10.4 Å². The molecule has 0 amide bonds. The molecule has 0 N–H and O–H groups in total. The van der Waals surface area contributed by atoms with Crippen LogP contribution in [-0.2, 0) is 10.2 Å². The van der Waals surface area contributed by atoms with Gasteiger partial charge in [-0.05, 0) is 5.53 Å². The number of azide groups is 1. The van der Waals surface area contributed by atoms with Crippen LogP contribution in [0.4, 0.5) is 0 Å². The van der Waals surface area contributed by atoms with Gasteiger partial charge in [-0.1, -0.05) is 13.8 Å². The minimum atomic E-state index is -3.73. The molecule has 0 heterocycles. The third-order valence-corrected chi connectivity index (χ3v) is 2.62. The predicted octanol–water partition coefficient (Wildman–Crippen LogP) is 0.883. The standard InChI is InChI=1S/C4H10N4O2S/c1-3-8(4-2)11(9,10)7-6-5/h3-4H2,1-2H3. The minimum absolute atomic E-state index is 0.317. The van der Waals surface area contributed by atoms with E-state index in [9.17, 15) is 8.42 Å². The van der Waals surface area contributed by atoms with E-state index in [0.29, 0.717) is 13.1 Å². The zero-order chi connectivity index (χ0) is 8.91. The van der Waals surface area contributed by atoms with E-state index in [4.69, 9.17) is 5.53 Å². The van der Waals surface area contributed by atoms with Gasteiger partial charge in [-0.15, -0.1) is 0 Å². The highest BCUT2D eigenvalue weighted by atomic mass is 32.2. The summed E-state index contributed by atoms with van der Waals surface area (Å²) in [6.07, 6.45) is 0. The lowest BCUT2D eigenvalue weighted by atomic mass is 10.7. The van der Waals surface area contributed by atoms with Gasteiger partial charge in [-0.25, -0.2) is 8.42 Å². The molecule has 0 unspecified atom stereocenters. The van der Waals surface area contributed by atoms with Crippen LogP contribution in [0.1, 0.15) is 13.8 Å². The summed E-state index contributed by atoms with van der Waals surface area (Å²) in [7, 11) is -3.73. The van der Waals surface area contributed by atoms with Gasteiger partial charge in [0.15, 0.2) is 0 Å². The molecule has 0 aliphatic heterocycles. The Balaban J connectivity index is 4.66. The Labute approximate surface area is 65.6 Å². The van der Waals surface area contributed by atoms with Crippen molar-refractivity contribution >= 4 is 10.2 Å². The molecular weight excluding hydrogens is 168 g/mol. The molecule has 7 heteroatoms. The van der Waals surface area contributed by atoms with Gasteiger partial charge in [0, 0.05) is 22.5 Å². The van der Waals surface area contributed by atoms with E-state index in [2.05, 4.69) is 9.43 Å². The van der Waals surface area contributed by atoms with E-state index in [-0.39, 0.29) is 0 Å². The first kappa shape index (κ1) is 10.2. The number of nitrogens with zero attached hydrogens (tertiary/aromatic N) is 4. The summed E-state index contributed by atoms with van der Waals surface area (Å²) in [6.45, 7) is 3.98. The average molecular weight is 178 g/mol. The number of rotatable bonds is 4. The number of hydrogen-bond acceptors (Lipinski definition) is 2. The van der Waals surface area contributed by atoms with Crippen molar-refractivity contribution in [1.29, 1.82) is 0 Å².